The number of hydrogen-bond acceptors (Lipinski definition) is 4. The quantitative estimate of drug-likeness (QED) is 0.781. The Hall–Kier alpha value is -0.160. The third-order valence-electron chi connectivity index (χ3n) is 4.13. The highest BCUT2D eigenvalue weighted by atomic mass is 16.5. The zero-order valence-corrected chi connectivity index (χ0v) is 11.0. The zero-order valence-electron chi connectivity index (χ0n) is 11.0. The van der Waals surface area contributed by atoms with Crippen LogP contribution < -0.4 is 0 Å². The predicted octanol–water partition coefficient (Wildman–Crippen LogP) is 0.556. The molecular formula is C13H26N2O2. The Balaban J connectivity index is 1.71. The fourth-order valence-electron chi connectivity index (χ4n) is 2.79. The van der Waals surface area contributed by atoms with Crippen molar-refractivity contribution in [2.45, 2.75) is 31.8 Å². The summed E-state index contributed by atoms with van der Waals surface area (Å²) in [4.78, 5) is 4.88. The highest BCUT2D eigenvalue weighted by Gasteiger charge is 2.31. The van der Waals surface area contributed by atoms with Gasteiger partial charge in [-0.2, -0.15) is 0 Å². The van der Waals surface area contributed by atoms with Gasteiger partial charge in [0.15, 0.2) is 0 Å². The highest BCUT2D eigenvalue weighted by Crippen LogP contribution is 2.23. The highest BCUT2D eigenvalue weighted by molar-refractivity contribution is 4.86. The van der Waals surface area contributed by atoms with Crippen LogP contribution in [-0.2, 0) is 4.74 Å². The number of ether oxygens (including phenoxy) is 1. The normalized spacial score (nSPS) is 32.8. The van der Waals surface area contributed by atoms with Crippen LogP contribution in [0.3, 0.4) is 0 Å². The second-order valence-electron chi connectivity index (χ2n) is 5.41. The lowest BCUT2D eigenvalue weighted by molar-refractivity contribution is -0.0379. The minimum absolute atomic E-state index is 0.427. The van der Waals surface area contributed by atoms with Crippen molar-refractivity contribution in [3.63, 3.8) is 0 Å². The van der Waals surface area contributed by atoms with Crippen molar-refractivity contribution in [2.75, 3.05) is 52.5 Å². The minimum atomic E-state index is -0.427. The van der Waals surface area contributed by atoms with Gasteiger partial charge in [0.05, 0.1) is 18.8 Å². The van der Waals surface area contributed by atoms with Crippen molar-refractivity contribution in [1.29, 1.82) is 0 Å². The van der Waals surface area contributed by atoms with Crippen LogP contribution in [0.4, 0.5) is 0 Å². The van der Waals surface area contributed by atoms with Crippen molar-refractivity contribution in [3.8, 4) is 0 Å². The standard InChI is InChI=1S/C13H26N2O2/c1-2-13(16)4-3-5-15(12-13)7-6-14-8-10-17-11-9-14/h16H,2-12H2,1H3. The number of piperidine rings is 1. The first-order valence-electron chi connectivity index (χ1n) is 6.97. The molecule has 0 saturated carbocycles. The Morgan fingerprint density at radius 2 is 1.82 bits per heavy atom. The summed E-state index contributed by atoms with van der Waals surface area (Å²) in [6, 6.07) is 0. The molecule has 4 heteroatoms. The lowest BCUT2D eigenvalue weighted by Gasteiger charge is -2.39. The Morgan fingerprint density at radius 3 is 2.53 bits per heavy atom. The molecule has 1 atom stereocenters. The summed E-state index contributed by atoms with van der Waals surface area (Å²) in [5.41, 5.74) is -0.427. The number of hydrogen-bond donors (Lipinski definition) is 1. The predicted molar refractivity (Wildman–Crippen MR) is 68.2 cm³/mol. The van der Waals surface area contributed by atoms with Gasteiger partial charge in [-0.1, -0.05) is 6.92 Å². The number of morpholine rings is 1. The third-order valence-corrected chi connectivity index (χ3v) is 4.13. The fraction of sp³-hybridized carbons (Fsp3) is 1.00. The van der Waals surface area contributed by atoms with Crippen LogP contribution >= 0.6 is 0 Å². The summed E-state index contributed by atoms with van der Waals surface area (Å²) >= 11 is 0. The second-order valence-corrected chi connectivity index (χ2v) is 5.41. The molecule has 0 amide bonds. The summed E-state index contributed by atoms with van der Waals surface area (Å²) in [6.07, 6.45) is 2.98. The lowest BCUT2D eigenvalue weighted by atomic mass is 9.90. The molecule has 2 aliphatic heterocycles. The minimum Gasteiger partial charge on any atom is -0.389 e. The Labute approximate surface area is 105 Å². The van der Waals surface area contributed by atoms with Crippen LogP contribution in [0.2, 0.25) is 0 Å². The van der Waals surface area contributed by atoms with E-state index in [0.717, 1.165) is 71.7 Å². The number of β-amino-alcohol motifs (C(OH)–C–C–N with tert-alkyl or cyclic N) is 1. The first kappa shape index (κ1) is 13.3. The van der Waals surface area contributed by atoms with E-state index in [-0.39, 0.29) is 0 Å². The molecule has 1 N–H and O–H groups in total. The van der Waals surface area contributed by atoms with Gasteiger partial charge in [0.25, 0.3) is 0 Å². The summed E-state index contributed by atoms with van der Waals surface area (Å²) in [7, 11) is 0. The van der Waals surface area contributed by atoms with Gasteiger partial charge in [-0.25, -0.2) is 0 Å². The number of rotatable bonds is 4. The summed E-state index contributed by atoms with van der Waals surface area (Å²) in [6.45, 7) is 10.2. The molecule has 0 aromatic carbocycles. The van der Waals surface area contributed by atoms with Gasteiger partial charge in [-0.15, -0.1) is 0 Å². The summed E-state index contributed by atoms with van der Waals surface area (Å²) in [5.74, 6) is 0. The monoisotopic (exact) mass is 242 g/mol. The Bertz CT molecular complexity index is 231. The van der Waals surface area contributed by atoms with E-state index in [2.05, 4.69) is 16.7 Å². The molecule has 2 fully saturated rings. The smallest absolute Gasteiger partial charge is 0.0772 e. The Kier molecular flexibility index (Phi) is 4.79. The SMILES string of the molecule is CCC1(O)CCCN(CCN2CCOCC2)C1. The third kappa shape index (κ3) is 3.91. The number of aliphatic hydroxyl groups is 1. The largest absolute Gasteiger partial charge is 0.389 e. The molecule has 2 heterocycles. The molecule has 0 bridgehead atoms. The molecule has 0 aliphatic carbocycles. The maximum atomic E-state index is 10.3. The van der Waals surface area contributed by atoms with E-state index in [0.29, 0.717) is 0 Å². The van der Waals surface area contributed by atoms with E-state index in [4.69, 9.17) is 4.74 Å². The molecule has 17 heavy (non-hydrogen) atoms. The van der Waals surface area contributed by atoms with Gasteiger partial charge < -0.3 is 9.84 Å². The van der Waals surface area contributed by atoms with Crippen LogP contribution in [0.5, 0.6) is 0 Å². The molecule has 0 aromatic heterocycles. The molecule has 0 aromatic rings. The Morgan fingerprint density at radius 1 is 1.12 bits per heavy atom. The first-order valence-corrected chi connectivity index (χ1v) is 6.97. The fourth-order valence-corrected chi connectivity index (χ4v) is 2.79. The molecule has 2 rings (SSSR count). The van der Waals surface area contributed by atoms with Crippen LogP contribution in [0.1, 0.15) is 26.2 Å². The van der Waals surface area contributed by atoms with Crippen LogP contribution in [0.15, 0.2) is 0 Å². The van der Waals surface area contributed by atoms with E-state index in [1.54, 1.807) is 0 Å². The molecule has 2 saturated heterocycles. The van der Waals surface area contributed by atoms with Gasteiger partial charge in [-0.05, 0) is 25.8 Å². The van der Waals surface area contributed by atoms with Gasteiger partial charge in [0.1, 0.15) is 0 Å². The number of nitrogens with zero attached hydrogens (tertiary/aromatic N) is 2. The van der Waals surface area contributed by atoms with Crippen molar-refractivity contribution in [3.05, 3.63) is 0 Å². The van der Waals surface area contributed by atoms with Crippen molar-refractivity contribution >= 4 is 0 Å². The van der Waals surface area contributed by atoms with E-state index in [9.17, 15) is 5.11 Å². The van der Waals surface area contributed by atoms with Crippen molar-refractivity contribution in [2.24, 2.45) is 0 Å². The second kappa shape index (κ2) is 6.14. The van der Waals surface area contributed by atoms with Gasteiger partial charge in [0.2, 0.25) is 0 Å². The van der Waals surface area contributed by atoms with E-state index in [1.165, 1.54) is 0 Å². The molecule has 1 unspecified atom stereocenters. The average molecular weight is 242 g/mol. The van der Waals surface area contributed by atoms with E-state index in [1.807, 2.05) is 0 Å². The number of likely N-dealkylation sites (tertiary alicyclic amines) is 1. The lowest BCUT2D eigenvalue weighted by Crippen LogP contribution is -2.50. The molecule has 0 radical (unpaired) electrons. The maximum absolute atomic E-state index is 10.3. The van der Waals surface area contributed by atoms with Crippen LogP contribution in [-0.4, -0.2) is 73.0 Å². The van der Waals surface area contributed by atoms with E-state index >= 15 is 0 Å². The van der Waals surface area contributed by atoms with Gasteiger partial charge in [0, 0.05) is 32.7 Å². The van der Waals surface area contributed by atoms with Crippen LogP contribution in [0.25, 0.3) is 0 Å². The molecule has 4 nitrogen and oxygen atoms in total. The molecule has 2 aliphatic rings. The molecule has 0 spiro atoms. The van der Waals surface area contributed by atoms with E-state index < -0.39 is 5.60 Å². The molecular weight excluding hydrogens is 216 g/mol. The van der Waals surface area contributed by atoms with Crippen molar-refractivity contribution < 1.29 is 9.84 Å². The topological polar surface area (TPSA) is 35.9 Å². The maximum Gasteiger partial charge on any atom is 0.0772 e. The van der Waals surface area contributed by atoms with Gasteiger partial charge in [-0.3, -0.25) is 9.80 Å². The molecule has 100 valence electrons. The zero-order chi connectivity index (χ0) is 12.1. The first-order chi connectivity index (χ1) is 8.22. The van der Waals surface area contributed by atoms with Crippen molar-refractivity contribution in [1.82, 2.24) is 9.80 Å². The average Bonchev–Trinajstić information content (AvgIpc) is 2.38. The summed E-state index contributed by atoms with van der Waals surface area (Å²) < 4.78 is 5.35. The van der Waals surface area contributed by atoms with Gasteiger partial charge >= 0.3 is 0 Å². The summed E-state index contributed by atoms with van der Waals surface area (Å²) in [5, 5.41) is 10.3. The van der Waals surface area contributed by atoms with Crippen LogP contribution in [0, 0.1) is 0 Å².